The van der Waals surface area contributed by atoms with Crippen LogP contribution in [0.3, 0.4) is 0 Å². The lowest BCUT2D eigenvalue weighted by Gasteiger charge is -2.36. The molecule has 2 aromatic rings. The fourth-order valence-electron chi connectivity index (χ4n) is 3.34. The van der Waals surface area contributed by atoms with Crippen molar-refractivity contribution in [2.45, 2.75) is 19.9 Å². The lowest BCUT2D eigenvalue weighted by molar-refractivity contribution is -0.384. The lowest BCUT2D eigenvalue weighted by Crippen LogP contribution is -2.56. The largest absolute Gasteiger partial charge is 0.425 e. The smallest absolute Gasteiger partial charge is 0.334 e. The number of nitrogens with one attached hydrogen (secondary N) is 1. The minimum Gasteiger partial charge on any atom is -0.425 e. The van der Waals surface area contributed by atoms with Crippen LogP contribution in [0.1, 0.15) is 13.8 Å². The highest BCUT2D eigenvalue weighted by molar-refractivity contribution is 5.85. The summed E-state index contributed by atoms with van der Waals surface area (Å²) in [5.74, 6) is -0.618. The van der Waals surface area contributed by atoms with Crippen molar-refractivity contribution in [3.63, 3.8) is 0 Å². The number of hydrogen-bond acceptors (Lipinski definition) is 6. The summed E-state index contributed by atoms with van der Waals surface area (Å²) in [5, 5.41) is 13.5. The van der Waals surface area contributed by atoms with Crippen molar-refractivity contribution < 1.29 is 19.2 Å². The van der Waals surface area contributed by atoms with E-state index in [1.165, 1.54) is 24.3 Å². The van der Waals surface area contributed by atoms with Gasteiger partial charge in [0.15, 0.2) is 0 Å². The van der Waals surface area contributed by atoms with Gasteiger partial charge >= 0.3 is 12.0 Å². The van der Waals surface area contributed by atoms with Crippen molar-refractivity contribution in [3.05, 3.63) is 64.7 Å². The van der Waals surface area contributed by atoms with Crippen LogP contribution in [0, 0.1) is 16.0 Å². The van der Waals surface area contributed by atoms with Crippen LogP contribution in [0.25, 0.3) is 0 Å². The number of nitro benzene ring substituents is 1. The molecular weight excluding hydrogens is 400 g/mol. The van der Waals surface area contributed by atoms with Crippen LogP contribution in [0.2, 0.25) is 0 Å². The molecule has 1 fully saturated rings. The molecule has 3 rings (SSSR count). The van der Waals surface area contributed by atoms with E-state index in [-0.39, 0.29) is 23.4 Å². The average Bonchev–Trinajstić information content (AvgIpc) is 2.78. The molecule has 1 heterocycles. The number of carbonyl (C=O) groups is 2. The van der Waals surface area contributed by atoms with E-state index in [9.17, 15) is 19.7 Å². The van der Waals surface area contributed by atoms with E-state index in [4.69, 9.17) is 4.74 Å². The Kier molecular flexibility index (Phi) is 7.07. The molecule has 0 spiro atoms. The van der Waals surface area contributed by atoms with Crippen LogP contribution in [0.15, 0.2) is 54.6 Å². The molecule has 0 saturated carbocycles. The fraction of sp³-hybridized carbons (Fsp3) is 0.364. The number of amides is 2. The van der Waals surface area contributed by atoms with E-state index >= 15 is 0 Å². The first kappa shape index (κ1) is 22.1. The van der Waals surface area contributed by atoms with E-state index in [1.54, 1.807) is 4.90 Å². The van der Waals surface area contributed by atoms with Gasteiger partial charge in [-0.2, -0.15) is 0 Å². The van der Waals surface area contributed by atoms with Gasteiger partial charge in [-0.1, -0.05) is 32.0 Å². The summed E-state index contributed by atoms with van der Waals surface area (Å²) < 4.78 is 5.33. The van der Waals surface area contributed by atoms with Crippen molar-refractivity contribution in [2.75, 3.05) is 31.1 Å². The maximum absolute atomic E-state index is 12.7. The monoisotopic (exact) mass is 426 g/mol. The average molecular weight is 426 g/mol. The number of para-hydroxylation sites is 1. The molecule has 0 bridgehead atoms. The van der Waals surface area contributed by atoms with Crippen LogP contribution in [0.4, 0.5) is 16.2 Å². The number of rotatable bonds is 6. The van der Waals surface area contributed by atoms with Gasteiger partial charge < -0.3 is 19.9 Å². The number of anilines is 1. The molecule has 2 amide bonds. The maximum atomic E-state index is 12.7. The highest BCUT2D eigenvalue weighted by Crippen LogP contribution is 2.19. The molecule has 1 saturated heterocycles. The van der Waals surface area contributed by atoms with Crippen LogP contribution >= 0.6 is 0 Å². The third kappa shape index (κ3) is 5.71. The number of benzene rings is 2. The number of nitrogens with zero attached hydrogens (tertiary/aromatic N) is 3. The first-order valence-corrected chi connectivity index (χ1v) is 10.2. The molecule has 1 unspecified atom stereocenters. The van der Waals surface area contributed by atoms with Crippen molar-refractivity contribution in [2.24, 2.45) is 5.92 Å². The quantitative estimate of drug-likeness (QED) is 0.329. The topological polar surface area (TPSA) is 105 Å². The fourth-order valence-corrected chi connectivity index (χ4v) is 3.34. The molecule has 1 atom stereocenters. The Bertz CT molecular complexity index is 909. The normalized spacial score (nSPS) is 14.8. The third-order valence-electron chi connectivity index (χ3n) is 5.15. The summed E-state index contributed by atoms with van der Waals surface area (Å²) in [6, 6.07) is 14.1. The Morgan fingerprint density at radius 3 is 2.16 bits per heavy atom. The molecule has 1 aliphatic heterocycles. The summed E-state index contributed by atoms with van der Waals surface area (Å²) in [7, 11) is 0. The van der Waals surface area contributed by atoms with Gasteiger partial charge in [-0.05, 0) is 30.2 Å². The van der Waals surface area contributed by atoms with Gasteiger partial charge in [0.2, 0.25) is 0 Å². The Labute approximate surface area is 180 Å². The lowest BCUT2D eigenvalue weighted by atomic mass is 10.0. The molecular formula is C22H26N4O5. The number of non-ortho nitro benzene ring substituents is 1. The number of esters is 1. The number of ether oxygens (including phenoxy) is 1. The molecule has 0 aliphatic carbocycles. The Balaban J connectivity index is 1.56. The van der Waals surface area contributed by atoms with Crippen LogP contribution in [-0.4, -0.2) is 54.0 Å². The molecule has 1 aliphatic rings. The van der Waals surface area contributed by atoms with Gasteiger partial charge in [-0.3, -0.25) is 10.1 Å². The zero-order valence-corrected chi connectivity index (χ0v) is 17.6. The Morgan fingerprint density at radius 1 is 1.00 bits per heavy atom. The minimum atomic E-state index is -0.838. The second kappa shape index (κ2) is 9.92. The standard InChI is InChI=1S/C22H26N4O5/c1-16(2)20(21(27)31-19-10-8-18(9-11-19)26(29)30)23-22(28)25-14-12-24(13-15-25)17-6-4-3-5-7-17/h3-11,16,20H,12-15H2,1-2H3,(H,23,28). The molecule has 0 aromatic heterocycles. The van der Waals surface area contributed by atoms with Crippen molar-refractivity contribution in [1.29, 1.82) is 0 Å². The zero-order chi connectivity index (χ0) is 22.4. The van der Waals surface area contributed by atoms with Gasteiger partial charge in [0.1, 0.15) is 11.8 Å². The summed E-state index contributed by atoms with van der Waals surface area (Å²) in [6.45, 7) is 6.13. The number of urea groups is 1. The SMILES string of the molecule is CC(C)C(NC(=O)N1CCN(c2ccccc2)CC1)C(=O)Oc1ccc([N+](=O)[O-])cc1. The summed E-state index contributed by atoms with van der Waals surface area (Å²) in [4.78, 5) is 39.5. The third-order valence-corrected chi connectivity index (χ3v) is 5.15. The number of piperazine rings is 1. The molecule has 1 N–H and O–H groups in total. The minimum absolute atomic E-state index is 0.0943. The number of nitro groups is 1. The van der Waals surface area contributed by atoms with Crippen molar-refractivity contribution in [3.8, 4) is 5.75 Å². The van der Waals surface area contributed by atoms with Crippen molar-refractivity contribution in [1.82, 2.24) is 10.2 Å². The predicted molar refractivity (Wildman–Crippen MR) is 116 cm³/mol. The van der Waals surface area contributed by atoms with E-state index < -0.39 is 16.9 Å². The zero-order valence-electron chi connectivity index (χ0n) is 17.6. The highest BCUT2D eigenvalue weighted by atomic mass is 16.6. The second-order valence-corrected chi connectivity index (χ2v) is 7.65. The van der Waals surface area contributed by atoms with Crippen LogP contribution < -0.4 is 15.0 Å². The van der Waals surface area contributed by atoms with Gasteiger partial charge in [0, 0.05) is 44.0 Å². The van der Waals surface area contributed by atoms with E-state index in [1.807, 2.05) is 44.2 Å². The van der Waals surface area contributed by atoms with E-state index in [0.29, 0.717) is 26.2 Å². The Hall–Kier alpha value is -3.62. The molecule has 0 radical (unpaired) electrons. The molecule has 2 aromatic carbocycles. The van der Waals surface area contributed by atoms with Gasteiger partial charge in [0.25, 0.3) is 5.69 Å². The molecule has 9 nitrogen and oxygen atoms in total. The molecule has 9 heteroatoms. The Morgan fingerprint density at radius 2 is 1.61 bits per heavy atom. The number of carbonyl (C=O) groups excluding carboxylic acids is 2. The highest BCUT2D eigenvalue weighted by Gasteiger charge is 2.29. The maximum Gasteiger partial charge on any atom is 0.334 e. The summed E-state index contributed by atoms with van der Waals surface area (Å²) >= 11 is 0. The van der Waals surface area contributed by atoms with E-state index in [0.717, 1.165) is 5.69 Å². The van der Waals surface area contributed by atoms with Crippen LogP contribution in [-0.2, 0) is 4.79 Å². The van der Waals surface area contributed by atoms with Gasteiger partial charge in [-0.15, -0.1) is 0 Å². The predicted octanol–water partition coefficient (Wildman–Crippen LogP) is 3.06. The van der Waals surface area contributed by atoms with Crippen LogP contribution in [0.5, 0.6) is 5.75 Å². The van der Waals surface area contributed by atoms with E-state index in [2.05, 4.69) is 10.2 Å². The van der Waals surface area contributed by atoms with Gasteiger partial charge in [-0.25, -0.2) is 9.59 Å². The first-order chi connectivity index (χ1) is 14.8. The number of hydrogen-bond donors (Lipinski definition) is 1. The van der Waals surface area contributed by atoms with Crippen molar-refractivity contribution >= 4 is 23.4 Å². The second-order valence-electron chi connectivity index (χ2n) is 7.65. The molecule has 164 valence electrons. The first-order valence-electron chi connectivity index (χ1n) is 10.2. The summed E-state index contributed by atoms with van der Waals surface area (Å²) in [5.41, 5.74) is 1.03. The van der Waals surface area contributed by atoms with Gasteiger partial charge in [0.05, 0.1) is 4.92 Å². The summed E-state index contributed by atoms with van der Waals surface area (Å²) in [6.07, 6.45) is 0. The molecule has 31 heavy (non-hydrogen) atoms.